The van der Waals surface area contributed by atoms with Gasteiger partial charge in [0, 0.05) is 5.56 Å². The normalized spacial score (nSPS) is 13.3. The minimum atomic E-state index is 0.294. The van der Waals surface area contributed by atoms with E-state index in [4.69, 9.17) is 21.1 Å². The fourth-order valence-electron chi connectivity index (χ4n) is 1.69. The highest BCUT2D eigenvalue weighted by Crippen LogP contribution is 2.41. The van der Waals surface area contributed by atoms with Crippen molar-refractivity contribution < 1.29 is 9.47 Å². The minimum absolute atomic E-state index is 0.294. The molecule has 0 amide bonds. The Balaban J connectivity index is 2.36. The molecule has 0 saturated carbocycles. The lowest BCUT2D eigenvalue weighted by atomic mass is 10.1. The third-order valence-corrected chi connectivity index (χ3v) is 3.07. The molecule has 1 aliphatic rings. The maximum atomic E-state index is 6.25. The van der Waals surface area contributed by atoms with E-state index in [1.54, 1.807) is 0 Å². The zero-order chi connectivity index (χ0) is 10.8. The molecule has 0 fully saturated rings. The summed E-state index contributed by atoms with van der Waals surface area (Å²) in [7, 11) is 1.92. The molecule has 1 heterocycles. The first-order chi connectivity index (χ1) is 7.24. The number of hydrogen-bond donors (Lipinski definition) is 1. The first kappa shape index (κ1) is 10.6. The average molecular weight is 228 g/mol. The lowest BCUT2D eigenvalue weighted by Gasteiger charge is -2.09. The third kappa shape index (κ3) is 1.90. The predicted molar refractivity (Wildman–Crippen MR) is 59.9 cm³/mol. The molecule has 4 heteroatoms. The molecule has 82 valence electrons. The van der Waals surface area contributed by atoms with Crippen LogP contribution >= 0.6 is 11.6 Å². The molecule has 0 saturated heterocycles. The number of nitrogens with one attached hydrogen (secondary N) is 1. The van der Waals surface area contributed by atoms with E-state index in [2.05, 4.69) is 5.32 Å². The van der Waals surface area contributed by atoms with E-state index >= 15 is 0 Å². The summed E-state index contributed by atoms with van der Waals surface area (Å²) in [6, 6.07) is 1.97. The van der Waals surface area contributed by atoms with Gasteiger partial charge in [-0.3, -0.25) is 0 Å². The SMILES string of the molecule is CNCCc1cc2c(c(C)c1Cl)OCO2. The van der Waals surface area contributed by atoms with Gasteiger partial charge in [-0.25, -0.2) is 0 Å². The molecule has 0 aromatic heterocycles. The van der Waals surface area contributed by atoms with Gasteiger partial charge >= 0.3 is 0 Å². The second-order valence-corrected chi connectivity index (χ2v) is 3.94. The number of halogens is 1. The summed E-state index contributed by atoms with van der Waals surface area (Å²) in [5.41, 5.74) is 2.07. The summed E-state index contributed by atoms with van der Waals surface area (Å²) in [6.45, 7) is 3.15. The lowest BCUT2D eigenvalue weighted by molar-refractivity contribution is 0.173. The van der Waals surface area contributed by atoms with Crippen LogP contribution in [-0.2, 0) is 6.42 Å². The first-order valence-electron chi connectivity index (χ1n) is 4.96. The highest BCUT2D eigenvalue weighted by atomic mass is 35.5. The van der Waals surface area contributed by atoms with Crippen LogP contribution in [0.5, 0.6) is 11.5 Å². The van der Waals surface area contributed by atoms with Crippen LogP contribution in [-0.4, -0.2) is 20.4 Å². The van der Waals surface area contributed by atoms with Gasteiger partial charge in [-0.1, -0.05) is 11.6 Å². The molecule has 1 aliphatic heterocycles. The van der Waals surface area contributed by atoms with E-state index in [9.17, 15) is 0 Å². The van der Waals surface area contributed by atoms with Crippen LogP contribution in [0.25, 0.3) is 0 Å². The van der Waals surface area contributed by atoms with Crippen molar-refractivity contribution in [3.05, 3.63) is 22.2 Å². The standard InChI is InChI=1S/C11H14ClNO2/c1-7-10(12)8(3-4-13-2)5-9-11(7)15-6-14-9/h5,13H,3-4,6H2,1-2H3. The van der Waals surface area contributed by atoms with Crippen molar-refractivity contribution in [2.45, 2.75) is 13.3 Å². The van der Waals surface area contributed by atoms with Crippen LogP contribution < -0.4 is 14.8 Å². The summed E-state index contributed by atoms with van der Waals surface area (Å²) in [5, 5.41) is 3.89. The van der Waals surface area contributed by atoms with Crippen molar-refractivity contribution >= 4 is 11.6 Å². The van der Waals surface area contributed by atoms with E-state index in [0.29, 0.717) is 6.79 Å². The zero-order valence-electron chi connectivity index (χ0n) is 8.89. The third-order valence-electron chi connectivity index (χ3n) is 2.54. The second-order valence-electron chi connectivity index (χ2n) is 3.56. The monoisotopic (exact) mass is 227 g/mol. The summed E-state index contributed by atoms with van der Waals surface area (Å²) in [6.07, 6.45) is 0.896. The Morgan fingerprint density at radius 2 is 2.27 bits per heavy atom. The summed E-state index contributed by atoms with van der Waals surface area (Å²) in [4.78, 5) is 0. The molecule has 0 radical (unpaired) electrons. The van der Waals surface area contributed by atoms with Gasteiger partial charge in [0.2, 0.25) is 6.79 Å². The Morgan fingerprint density at radius 3 is 3.00 bits per heavy atom. The van der Waals surface area contributed by atoms with Gasteiger partial charge in [0.15, 0.2) is 11.5 Å². The van der Waals surface area contributed by atoms with Gasteiger partial charge in [0.1, 0.15) is 0 Å². The number of ether oxygens (including phenoxy) is 2. The molecule has 1 N–H and O–H groups in total. The number of hydrogen-bond acceptors (Lipinski definition) is 3. The quantitative estimate of drug-likeness (QED) is 0.858. The maximum absolute atomic E-state index is 6.25. The predicted octanol–water partition coefficient (Wildman–Crippen LogP) is 2.14. The van der Waals surface area contributed by atoms with E-state index in [-0.39, 0.29) is 0 Å². The van der Waals surface area contributed by atoms with Crippen LogP contribution in [0.15, 0.2) is 6.07 Å². The van der Waals surface area contributed by atoms with Crippen molar-refractivity contribution in [2.75, 3.05) is 20.4 Å². The van der Waals surface area contributed by atoms with Crippen LogP contribution in [0, 0.1) is 6.92 Å². The van der Waals surface area contributed by atoms with Gasteiger partial charge in [0.25, 0.3) is 0 Å². The molecule has 0 atom stereocenters. The maximum Gasteiger partial charge on any atom is 0.231 e. The summed E-state index contributed by atoms with van der Waals surface area (Å²) >= 11 is 6.25. The number of fused-ring (bicyclic) bond motifs is 1. The highest BCUT2D eigenvalue weighted by Gasteiger charge is 2.20. The fourth-order valence-corrected chi connectivity index (χ4v) is 1.93. The minimum Gasteiger partial charge on any atom is -0.454 e. The van der Waals surface area contributed by atoms with E-state index in [1.165, 1.54) is 0 Å². The number of likely N-dealkylation sites (N-methyl/N-ethyl adjacent to an activating group) is 1. The van der Waals surface area contributed by atoms with Gasteiger partial charge < -0.3 is 14.8 Å². The van der Waals surface area contributed by atoms with Crippen molar-refractivity contribution in [1.82, 2.24) is 5.32 Å². The topological polar surface area (TPSA) is 30.5 Å². The molecule has 2 rings (SSSR count). The van der Waals surface area contributed by atoms with E-state index in [1.807, 2.05) is 20.0 Å². The Labute approximate surface area is 94.3 Å². The van der Waals surface area contributed by atoms with E-state index < -0.39 is 0 Å². The molecule has 0 aliphatic carbocycles. The Bertz CT molecular complexity index is 379. The molecule has 0 spiro atoms. The molecule has 1 aromatic carbocycles. The average Bonchev–Trinajstić information content (AvgIpc) is 2.69. The molecule has 3 nitrogen and oxygen atoms in total. The van der Waals surface area contributed by atoms with Gasteiger partial charge in [-0.15, -0.1) is 0 Å². The van der Waals surface area contributed by atoms with Gasteiger partial charge in [-0.05, 0) is 38.6 Å². The molecule has 0 unspecified atom stereocenters. The lowest BCUT2D eigenvalue weighted by Crippen LogP contribution is -2.10. The zero-order valence-corrected chi connectivity index (χ0v) is 9.65. The van der Waals surface area contributed by atoms with Crippen LogP contribution in [0.1, 0.15) is 11.1 Å². The van der Waals surface area contributed by atoms with E-state index in [0.717, 1.165) is 40.6 Å². The largest absolute Gasteiger partial charge is 0.454 e. The Kier molecular flexibility index (Phi) is 3.03. The van der Waals surface area contributed by atoms with Crippen molar-refractivity contribution in [3.63, 3.8) is 0 Å². The van der Waals surface area contributed by atoms with Crippen molar-refractivity contribution in [3.8, 4) is 11.5 Å². The molecular formula is C11H14ClNO2. The first-order valence-corrected chi connectivity index (χ1v) is 5.34. The van der Waals surface area contributed by atoms with Crippen LogP contribution in [0.2, 0.25) is 5.02 Å². The fraction of sp³-hybridized carbons (Fsp3) is 0.455. The van der Waals surface area contributed by atoms with Crippen molar-refractivity contribution in [2.24, 2.45) is 0 Å². The molecule has 0 bridgehead atoms. The van der Waals surface area contributed by atoms with Crippen molar-refractivity contribution in [1.29, 1.82) is 0 Å². The van der Waals surface area contributed by atoms with Crippen LogP contribution in [0.3, 0.4) is 0 Å². The number of benzene rings is 1. The van der Waals surface area contributed by atoms with Gasteiger partial charge in [0.05, 0.1) is 5.02 Å². The molecular weight excluding hydrogens is 214 g/mol. The summed E-state index contributed by atoms with van der Waals surface area (Å²) in [5.74, 6) is 1.59. The van der Waals surface area contributed by atoms with Gasteiger partial charge in [-0.2, -0.15) is 0 Å². The Hall–Kier alpha value is -0.930. The smallest absolute Gasteiger partial charge is 0.231 e. The number of rotatable bonds is 3. The molecule has 1 aromatic rings. The highest BCUT2D eigenvalue weighted by molar-refractivity contribution is 6.32. The summed E-state index contributed by atoms with van der Waals surface area (Å²) < 4.78 is 10.7. The molecule has 15 heavy (non-hydrogen) atoms. The van der Waals surface area contributed by atoms with Crippen LogP contribution in [0.4, 0.5) is 0 Å². The Morgan fingerprint density at radius 1 is 1.47 bits per heavy atom. The second kappa shape index (κ2) is 4.29.